The van der Waals surface area contributed by atoms with Crippen molar-refractivity contribution < 1.29 is 29.3 Å². The lowest BCUT2D eigenvalue weighted by Crippen LogP contribution is -2.45. The molecule has 1 aliphatic rings. The SMILES string of the molecule is Cc1cccc(NC(=O)C(Nc2cccc(-c3sc(C(=O)O)c(OCC(=O)O)c3Br)c2)C2CCNCC2)c1. The Morgan fingerprint density at radius 1 is 1.11 bits per heavy atom. The van der Waals surface area contributed by atoms with Gasteiger partial charge in [-0.1, -0.05) is 24.3 Å². The van der Waals surface area contributed by atoms with Crippen molar-refractivity contribution in [2.24, 2.45) is 5.92 Å². The highest BCUT2D eigenvalue weighted by Crippen LogP contribution is 2.46. The van der Waals surface area contributed by atoms with E-state index in [1.165, 1.54) is 0 Å². The minimum absolute atomic E-state index is 0.0247. The van der Waals surface area contributed by atoms with Crippen LogP contribution in [0.5, 0.6) is 5.75 Å². The zero-order chi connectivity index (χ0) is 27.2. The fourth-order valence-corrected chi connectivity index (χ4v) is 6.32. The summed E-state index contributed by atoms with van der Waals surface area (Å²) in [6.45, 7) is 2.98. The lowest BCUT2D eigenvalue weighted by molar-refractivity contribution is -0.139. The summed E-state index contributed by atoms with van der Waals surface area (Å²) in [6.07, 6.45) is 1.70. The average molecular weight is 603 g/mol. The molecule has 1 atom stereocenters. The largest absolute Gasteiger partial charge is 0.479 e. The fourth-order valence-electron chi connectivity index (χ4n) is 4.43. The molecule has 1 aromatic heterocycles. The van der Waals surface area contributed by atoms with E-state index in [4.69, 9.17) is 9.84 Å². The number of aryl methyl sites for hydroxylation is 1. The van der Waals surface area contributed by atoms with Crippen molar-refractivity contribution >= 4 is 56.5 Å². The highest BCUT2D eigenvalue weighted by atomic mass is 79.9. The molecule has 1 amide bonds. The number of hydrogen-bond acceptors (Lipinski definition) is 7. The molecule has 0 spiro atoms. The second-order valence-corrected chi connectivity index (χ2v) is 10.9. The second-order valence-electron chi connectivity index (χ2n) is 9.04. The molecule has 1 saturated heterocycles. The van der Waals surface area contributed by atoms with E-state index in [0.717, 1.165) is 48.5 Å². The smallest absolute Gasteiger partial charge is 0.349 e. The maximum absolute atomic E-state index is 13.5. The highest BCUT2D eigenvalue weighted by Gasteiger charge is 2.30. The third kappa shape index (κ3) is 6.72. The van der Waals surface area contributed by atoms with Gasteiger partial charge in [0.05, 0.1) is 9.35 Å². The molecule has 3 aromatic rings. The molecule has 2 aromatic carbocycles. The summed E-state index contributed by atoms with van der Waals surface area (Å²) in [6, 6.07) is 14.5. The van der Waals surface area contributed by atoms with Gasteiger partial charge in [-0.25, -0.2) is 9.59 Å². The maximum Gasteiger partial charge on any atom is 0.349 e. The summed E-state index contributed by atoms with van der Waals surface area (Å²) in [7, 11) is 0. The molecule has 0 bridgehead atoms. The number of thiophene rings is 1. The van der Waals surface area contributed by atoms with Gasteiger partial charge in [-0.3, -0.25) is 4.79 Å². The van der Waals surface area contributed by atoms with Gasteiger partial charge in [-0.15, -0.1) is 11.3 Å². The van der Waals surface area contributed by atoms with E-state index in [2.05, 4.69) is 31.9 Å². The molecule has 4 rings (SSSR count). The van der Waals surface area contributed by atoms with E-state index >= 15 is 0 Å². The molecular weight excluding hydrogens is 574 g/mol. The molecule has 1 aliphatic heterocycles. The Morgan fingerprint density at radius 3 is 2.50 bits per heavy atom. The Morgan fingerprint density at radius 2 is 1.82 bits per heavy atom. The van der Waals surface area contributed by atoms with Crippen molar-refractivity contribution in [3.63, 3.8) is 0 Å². The first-order valence-electron chi connectivity index (χ1n) is 12.1. The summed E-state index contributed by atoms with van der Waals surface area (Å²) < 4.78 is 5.64. The normalized spacial score (nSPS) is 14.5. The van der Waals surface area contributed by atoms with Crippen LogP contribution in [0.3, 0.4) is 0 Å². The van der Waals surface area contributed by atoms with Gasteiger partial charge in [0.25, 0.3) is 0 Å². The van der Waals surface area contributed by atoms with Crippen molar-refractivity contribution in [1.29, 1.82) is 0 Å². The number of aliphatic carboxylic acids is 1. The van der Waals surface area contributed by atoms with E-state index in [1.807, 2.05) is 55.5 Å². The molecular formula is C27H28BrN3O6S. The Balaban J connectivity index is 1.62. The Bertz CT molecular complexity index is 1340. The number of anilines is 2. The van der Waals surface area contributed by atoms with Crippen LogP contribution >= 0.6 is 27.3 Å². The van der Waals surface area contributed by atoms with E-state index in [9.17, 15) is 19.5 Å². The van der Waals surface area contributed by atoms with Gasteiger partial charge >= 0.3 is 11.9 Å². The van der Waals surface area contributed by atoms with Gasteiger partial charge in [0.2, 0.25) is 5.91 Å². The van der Waals surface area contributed by atoms with Gasteiger partial charge in [-0.05, 0) is 90.1 Å². The molecule has 5 N–H and O–H groups in total. The van der Waals surface area contributed by atoms with Crippen molar-refractivity contribution in [1.82, 2.24) is 5.32 Å². The molecule has 200 valence electrons. The van der Waals surface area contributed by atoms with Crippen LogP contribution in [0.4, 0.5) is 11.4 Å². The van der Waals surface area contributed by atoms with Crippen LogP contribution in [-0.2, 0) is 9.59 Å². The summed E-state index contributed by atoms with van der Waals surface area (Å²) >= 11 is 4.38. The highest BCUT2D eigenvalue weighted by molar-refractivity contribution is 9.10. The molecule has 38 heavy (non-hydrogen) atoms. The summed E-state index contributed by atoms with van der Waals surface area (Å²) in [5, 5.41) is 28.4. The number of ether oxygens (including phenoxy) is 1. The number of amides is 1. The molecule has 0 saturated carbocycles. The van der Waals surface area contributed by atoms with Crippen molar-refractivity contribution in [2.45, 2.75) is 25.8 Å². The van der Waals surface area contributed by atoms with Crippen molar-refractivity contribution in [2.75, 3.05) is 30.3 Å². The Kier molecular flexibility index (Phi) is 9.03. The lowest BCUT2D eigenvalue weighted by atomic mass is 9.89. The number of carbonyl (C=O) groups excluding carboxylic acids is 1. The number of carboxylic acids is 2. The van der Waals surface area contributed by atoms with Gasteiger partial charge in [0.1, 0.15) is 6.04 Å². The number of benzene rings is 2. The topological polar surface area (TPSA) is 137 Å². The predicted octanol–water partition coefficient (Wildman–Crippen LogP) is 5.07. The third-order valence-electron chi connectivity index (χ3n) is 6.21. The number of rotatable bonds is 10. The van der Waals surface area contributed by atoms with Gasteiger partial charge in [0.15, 0.2) is 17.2 Å². The van der Waals surface area contributed by atoms with Gasteiger partial charge in [0, 0.05) is 11.4 Å². The van der Waals surface area contributed by atoms with Gasteiger partial charge < -0.3 is 30.9 Å². The summed E-state index contributed by atoms with van der Waals surface area (Å²) in [4.78, 5) is 36.7. The van der Waals surface area contributed by atoms with Crippen LogP contribution in [-0.4, -0.2) is 53.8 Å². The van der Waals surface area contributed by atoms with E-state index in [0.29, 0.717) is 20.6 Å². The van der Waals surface area contributed by atoms with E-state index in [1.54, 1.807) is 0 Å². The standard InChI is InChI=1S/C27H28BrN3O6S/c1-15-4-2-6-18(12-15)31-26(34)22(16-8-10-29-11-9-16)30-19-7-3-5-17(13-19)24-21(28)23(37-14-20(32)33)25(38-24)27(35)36/h2-7,12-13,16,22,29-30H,8-11,14H2,1H3,(H,31,34)(H,32,33)(H,35,36). The average Bonchev–Trinajstić information content (AvgIpc) is 3.23. The number of hydrogen-bond donors (Lipinski definition) is 5. The number of carbonyl (C=O) groups is 3. The second kappa shape index (κ2) is 12.4. The first-order chi connectivity index (χ1) is 18.2. The van der Waals surface area contributed by atoms with E-state index < -0.39 is 24.6 Å². The first kappa shape index (κ1) is 27.6. The minimum Gasteiger partial charge on any atom is -0.479 e. The number of piperidine rings is 1. The number of aromatic carboxylic acids is 1. The summed E-state index contributed by atoms with van der Waals surface area (Å²) in [5.74, 6) is -2.45. The quantitative estimate of drug-likeness (QED) is 0.217. The molecule has 11 heteroatoms. The Labute approximate surface area is 232 Å². The van der Waals surface area contributed by atoms with Crippen LogP contribution in [0.25, 0.3) is 10.4 Å². The van der Waals surface area contributed by atoms with Crippen LogP contribution in [0.2, 0.25) is 0 Å². The Hall–Kier alpha value is -3.41. The number of carboxylic acid groups (broad SMARTS) is 2. The molecule has 1 unspecified atom stereocenters. The predicted molar refractivity (Wildman–Crippen MR) is 150 cm³/mol. The maximum atomic E-state index is 13.5. The van der Waals surface area contributed by atoms with Crippen LogP contribution in [0.1, 0.15) is 28.1 Å². The first-order valence-corrected chi connectivity index (χ1v) is 13.7. The molecule has 9 nitrogen and oxygen atoms in total. The minimum atomic E-state index is -1.21. The summed E-state index contributed by atoms with van der Waals surface area (Å²) in [5.41, 5.74) is 3.19. The van der Waals surface area contributed by atoms with Crippen molar-refractivity contribution in [3.05, 3.63) is 63.4 Å². The van der Waals surface area contributed by atoms with Crippen LogP contribution in [0.15, 0.2) is 53.0 Å². The molecule has 0 radical (unpaired) electrons. The van der Waals surface area contributed by atoms with Crippen molar-refractivity contribution in [3.8, 4) is 16.2 Å². The zero-order valence-electron chi connectivity index (χ0n) is 20.6. The van der Waals surface area contributed by atoms with Crippen LogP contribution in [0, 0.1) is 12.8 Å². The van der Waals surface area contributed by atoms with E-state index in [-0.39, 0.29) is 22.5 Å². The molecule has 2 heterocycles. The van der Waals surface area contributed by atoms with Gasteiger partial charge in [-0.2, -0.15) is 0 Å². The third-order valence-corrected chi connectivity index (χ3v) is 8.44. The monoisotopic (exact) mass is 601 g/mol. The number of halogens is 1. The fraction of sp³-hybridized carbons (Fsp3) is 0.296. The zero-order valence-corrected chi connectivity index (χ0v) is 23.0. The lowest BCUT2D eigenvalue weighted by Gasteiger charge is -2.31. The van der Waals surface area contributed by atoms with Crippen LogP contribution < -0.4 is 20.7 Å². The number of nitrogens with one attached hydrogen (secondary N) is 3. The molecule has 1 fully saturated rings. The molecule has 0 aliphatic carbocycles.